The molecule has 1 amide bonds. The Morgan fingerprint density at radius 2 is 1.96 bits per heavy atom. The van der Waals surface area contributed by atoms with Gasteiger partial charge in [-0.05, 0) is 39.7 Å². The van der Waals surface area contributed by atoms with Crippen LogP contribution in [0.4, 0.5) is 13.6 Å². The van der Waals surface area contributed by atoms with Gasteiger partial charge in [0.2, 0.25) is 0 Å². The topological polar surface area (TPSA) is 47.6 Å². The van der Waals surface area contributed by atoms with E-state index in [-0.39, 0.29) is 18.8 Å². The quantitative estimate of drug-likeness (QED) is 0.887. The van der Waals surface area contributed by atoms with Crippen LogP contribution in [-0.2, 0) is 16.1 Å². The molecule has 0 aliphatic heterocycles. The number of rotatable bonds is 4. The molecule has 1 aromatic carbocycles. The lowest BCUT2D eigenvalue weighted by Crippen LogP contribution is -2.47. The van der Waals surface area contributed by atoms with E-state index in [1.807, 2.05) is 0 Å². The Balaban J connectivity index is 1.92. The maximum atomic E-state index is 13.7. The van der Waals surface area contributed by atoms with E-state index in [2.05, 4.69) is 5.32 Å². The molecule has 0 spiro atoms. The third-order valence-corrected chi connectivity index (χ3v) is 3.87. The van der Waals surface area contributed by atoms with Crippen LogP contribution in [0.2, 0.25) is 0 Å². The van der Waals surface area contributed by atoms with Crippen molar-refractivity contribution in [3.05, 3.63) is 35.4 Å². The summed E-state index contributed by atoms with van der Waals surface area (Å²) in [6, 6.07) is 3.26. The van der Waals surface area contributed by atoms with Crippen LogP contribution in [-0.4, -0.2) is 23.8 Å². The normalized spacial score (nSPS) is 21.4. The summed E-state index contributed by atoms with van der Waals surface area (Å²) in [4.78, 5) is 11.9. The molecule has 1 aliphatic carbocycles. The second-order valence-electron chi connectivity index (χ2n) is 7.12. The summed E-state index contributed by atoms with van der Waals surface area (Å²) in [6.45, 7) is 5.46. The molecule has 1 aliphatic rings. The molecule has 4 nitrogen and oxygen atoms in total. The molecular formula is C18H25F2NO3. The minimum Gasteiger partial charge on any atom is -0.444 e. The first-order valence-electron chi connectivity index (χ1n) is 8.29. The van der Waals surface area contributed by atoms with Crippen molar-refractivity contribution in [2.24, 2.45) is 0 Å². The molecule has 1 saturated carbocycles. The maximum Gasteiger partial charge on any atom is 0.407 e. The van der Waals surface area contributed by atoms with Crippen LogP contribution in [0.5, 0.6) is 0 Å². The number of hydrogen-bond acceptors (Lipinski definition) is 3. The van der Waals surface area contributed by atoms with E-state index in [0.717, 1.165) is 31.7 Å². The van der Waals surface area contributed by atoms with Gasteiger partial charge in [-0.25, -0.2) is 13.6 Å². The van der Waals surface area contributed by atoms with Crippen molar-refractivity contribution in [2.75, 3.05) is 0 Å². The zero-order chi connectivity index (χ0) is 17.7. The smallest absolute Gasteiger partial charge is 0.407 e. The van der Waals surface area contributed by atoms with Crippen molar-refractivity contribution in [1.82, 2.24) is 5.32 Å². The van der Waals surface area contributed by atoms with Crippen molar-refractivity contribution < 1.29 is 23.0 Å². The van der Waals surface area contributed by atoms with E-state index in [4.69, 9.17) is 9.47 Å². The molecule has 1 fully saturated rings. The van der Waals surface area contributed by atoms with Gasteiger partial charge in [0.05, 0.1) is 18.8 Å². The first kappa shape index (κ1) is 18.6. The Labute approximate surface area is 141 Å². The van der Waals surface area contributed by atoms with Crippen LogP contribution in [0.25, 0.3) is 0 Å². The number of carbonyl (C=O) groups is 1. The standard InChI is InChI=1S/C18H25F2NO3/c1-18(2,3)24-17(22)21-15-6-4-5-7-16(15)23-11-12-8-9-13(19)10-14(12)20/h8-10,15-16H,4-7,11H2,1-3H3,(H,21,22)/t15-,16-/m0/s1. The number of nitrogens with one attached hydrogen (secondary N) is 1. The molecule has 2 rings (SSSR count). The lowest BCUT2D eigenvalue weighted by Gasteiger charge is -2.32. The van der Waals surface area contributed by atoms with Crippen LogP contribution in [0.15, 0.2) is 18.2 Å². The van der Waals surface area contributed by atoms with Crippen LogP contribution in [0.1, 0.15) is 52.0 Å². The minimum atomic E-state index is -0.623. The molecule has 0 radical (unpaired) electrons. The van der Waals surface area contributed by atoms with E-state index in [9.17, 15) is 13.6 Å². The van der Waals surface area contributed by atoms with Gasteiger partial charge in [0, 0.05) is 11.6 Å². The molecule has 6 heteroatoms. The van der Waals surface area contributed by atoms with Crippen LogP contribution in [0.3, 0.4) is 0 Å². The number of hydrogen-bond donors (Lipinski definition) is 1. The van der Waals surface area contributed by atoms with E-state index >= 15 is 0 Å². The van der Waals surface area contributed by atoms with Gasteiger partial charge in [0.1, 0.15) is 17.2 Å². The number of ether oxygens (including phenoxy) is 2. The highest BCUT2D eigenvalue weighted by Gasteiger charge is 2.29. The number of benzene rings is 1. The fourth-order valence-electron chi connectivity index (χ4n) is 2.76. The molecule has 0 saturated heterocycles. The summed E-state index contributed by atoms with van der Waals surface area (Å²) >= 11 is 0. The lowest BCUT2D eigenvalue weighted by atomic mass is 9.92. The predicted octanol–water partition coefficient (Wildman–Crippen LogP) is 4.32. The van der Waals surface area contributed by atoms with E-state index in [1.165, 1.54) is 12.1 Å². The molecule has 1 aromatic rings. The van der Waals surface area contributed by atoms with Gasteiger partial charge in [-0.1, -0.05) is 18.9 Å². The summed E-state index contributed by atoms with van der Waals surface area (Å²) < 4.78 is 37.7. The van der Waals surface area contributed by atoms with Crippen LogP contribution >= 0.6 is 0 Å². The molecule has 134 valence electrons. The van der Waals surface area contributed by atoms with Gasteiger partial charge < -0.3 is 14.8 Å². The van der Waals surface area contributed by atoms with Gasteiger partial charge in [-0.3, -0.25) is 0 Å². The molecule has 0 aromatic heterocycles. The first-order valence-corrected chi connectivity index (χ1v) is 8.29. The fourth-order valence-corrected chi connectivity index (χ4v) is 2.76. The van der Waals surface area contributed by atoms with Crippen LogP contribution < -0.4 is 5.32 Å². The van der Waals surface area contributed by atoms with Gasteiger partial charge in [0.25, 0.3) is 0 Å². The summed E-state index contributed by atoms with van der Waals surface area (Å²) in [7, 11) is 0. The molecule has 0 bridgehead atoms. The Morgan fingerprint density at radius 1 is 1.25 bits per heavy atom. The third kappa shape index (κ3) is 5.74. The Kier molecular flexibility index (Phi) is 6.15. The summed E-state index contributed by atoms with van der Waals surface area (Å²) in [6.07, 6.45) is 2.86. The van der Waals surface area contributed by atoms with Gasteiger partial charge in [0.15, 0.2) is 0 Å². The summed E-state index contributed by atoms with van der Waals surface area (Å²) in [5.41, 5.74) is -0.259. The Morgan fingerprint density at radius 3 is 2.62 bits per heavy atom. The number of amides is 1. The van der Waals surface area contributed by atoms with Crippen molar-refractivity contribution in [1.29, 1.82) is 0 Å². The number of halogens is 2. The molecule has 1 N–H and O–H groups in total. The lowest BCUT2D eigenvalue weighted by molar-refractivity contribution is -0.0122. The minimum absolute atomic E-state index is 0.0449. The van der Waals surface area contributed by atoms with E-state index in [1.54, 1.807) is 20.8 Å². The Hall–Kier alpha value is -1.69. The molecule has 0 heterocycles. The first-order chi connectivity index (χ1) is 11.2. The van der Waals surface area contributed by atoms with Crippen molar-refractivity contribution in [3.8, 4) is 0 Å². The highest BCUT2D eigenvalue weighted by atomic mass is 19.1. The molecule has 0 unspecified atom stereocenters. The number of alkyl carbamates (subject to hydrolysis) is 1. The molecule has 2 atom stereocenters. The van der Waals surface area contributed by atoms with E-state index < -0.39 is 23.3 Å². The van der Waals surface area contributed by atoms with Crippen molar-refractivity contribution in [3.63, 3.8) is 0 Å². The van der Waals surface area contributed by atoms with E-state index in [0.29, 0.717) is 5.56 Å². The monoisotopic (exact) mass is 341 g/mol. The highest BCUT2D eigenvalue weighted by molar-refractivity contribution is 5.68. The average Bonchev–Trinajstić information content (AvgIpc) is 2.46. The average molecular weight is 341 g/mol. The molecule has 24 heavy (non-hydrogen) atoms. The fraction of sp³-hybridized carbons (Fsp3) is 0.611. The largest absolute Gasteiger partial charge is 0.444 e. The second kappa shape index (κ2) is 7.92. The summed E-state index contributed by atoms with van der Waals surface area (Å²) in [5, 5.41) is 2.85. The van der Waals surface area contributed by atoms with Gasteiger partial charge in [-0.15, -0.1) is 0 Å². The van der Waals surface area contributed by atoms with Gasteiger partial charge in [-0.2, -0.15) is 0 Å². The SMILES string of the molecule is CC(C)(C)OC(=O)N[C@H]1CCCC[C@@H]1OCc1ccc(F)cc1F. The third-order valence-electron chi connectivity index (χ3n) is 3.87. The zero-order valence-corrected chi connectivity index (χ0v) is 14.4. The molecular weight excluding hydrogens is 316 g/mol. The predicted molar refractivity (Wildman–Crippen MR) is 86.6 cm³/mol. The second-order valence-corrected chi connectivity index (χ2v) is 7.12. The maximum absolute atomic E-state index is 13.7. The number of carbonyl (C=O) groups excluding carboxylic acids is 1. The van der Waals surface area contributed by atoms with Crippen molar-refractivity contribution in [2.45, 2.75) is 70.8 Å². The summed E-state index contributed by atoms with van der Waals surface area (Å²) in [5.74, 6) is -1.24. The zero-order valence-electron chi connectivity index (χ0n) is 14.4. The highest BCUT2D eigenvalue weighted by Crippen LogP contribution is 2.23. The van der Waals surface area contributed by atoms with Gasteiger partial charge >= 0.3 is 6.09 Å². The Bertz CT molecular complexity index is 572. The van der Waals surface area contributed by atoms with Crippen molar-refractivity contribution >= 4 is 6.09 Å². The van der Waals surface area contributed by atoms with Crippen LogP contribution in [0, 0.1) is 11.6 Å².